The van der Waals surface area contributed by atoms with Crippen molar-refractivity contribution in [2.75, 3.05) is 5.43 Å². The molecular formula is C12H22N4O. The summed E-state index contributed by atoms with van der Waals surface area (Å²) in [7, 11) is 0. The minimum absolute atomic E-state index is 0.139. The van der Waals surface area contributed by atoms with E-state index < -0.39 is 0 Å². The Balaban J connectivity index is 2.75. The van der Waals surface area contributed by atoms with Crippen LogP contribution in [0.4, 0.5) is 5.82 Å². The van der Waals surface area contributed by atoms with Gasteiger partial charge in [0.15, 0.2) is 0 Å². The van der Waals surface area contributed by atoms with E-state index in [1.807, 2.05) is 13.8 Å². The Hall–Kier alpha value is -1.36. The molecule has 5 heteroatoms. The minimum atomic E-state index is 0.139. The van der Waals surface area contributed by atoms with Gasteiger partial charge >= 0.3 is 0 Å². The first-order valence-electron chi connectivity index (χ1n) is 6.06. The summed E-state index contributed by atoms with van der Waals surface area (Å²) in [6.45, 7) is 8.38. The van der Waals surface area contributed by atoms with Crippen LogP contribution >= 0.6 is 0 Å². The lowest BCUT2D eigenvalue weighted by atomic mass is 10.1. The van der Waals surface area contributed by atoms with Gasteiger partial charge in [-0.15, -0.1) is 0 Å². The summed E-state index contributed by atoms with van der Waals surface area (Å²) in [6.07, 6.45) is 1.89. The van der Waals surface area contributed by atoms with E-state index >= 15 is 0 Å². The van der Waals surface area contributed by atoms with Crippen LogP contribution in [0.1, 0.15) is 39.9 Å². The molecule has 1 heterocycles. The normalized spacial score (nSPS) is 12.6. The Kier molecular flexibility index (Phi) is 5.15. The molecule has 1 aromatic rings. The van der Waals surface area contributed by atoms with Crippen molar-refractivity contribution in [3.63, 3.8) is 0 Å². The standard InChI is InChI=1S/C12H22N4O/c1-5-10-14-11(16-13)7-12(15-10)17-9(4)6-8(2)3/h7-9H,5-6,13H2,1-4H3,(H,14,15,16). The lowest BCUT2D eigenvalue weighted by Gasteiger charge is -2.16. The van der Waals surface area contributed by atoms with Crippen LogP contribution < -0.4 is 16.0 Å². The van der Waals surface area contributed by atoms with E-state index in [1.165, 1.54) is 0 Å². The zero-order chi connectivity index (χ0) is 12.8. The molecule has 0 saturated carbocycles. The van der Waals surface area contributed by atoms with Gasteiger partial charge in [-0.05, 0) is 19.3 Å². The Labute approximate surface area is 103 Å². The van der Waals surface area contributed by atoms with Crippen molar-refractivity contribution >= 4 is 5.82 Å². The number of hydrogen-bond acceptors (Lipinski definition) is 5. The molecule has 0 bridgehead atoms. The number of nitrogens with one attached hydrogen (secondary N) is 1. The fourth-order valence-electron chi connectivity index (χ4n) is 1.68. The summed E-state index contributed by atoms with van der Waals surface area (Å²) < 4.78 is 5.76. The molecule has 0 aliphatic heterocycles. The first kappa shape index (κ1) is 13.7. The van der Waals surface area contributed by atoms with E-state index in [2.05, 4.69) is 29.2 Å². The van der Waals surface area contributed by atoms with Crippen LogP contribution in [0.3, 0.4) is 0 Å². The molecule has 0 aliphatic rings. The van der Waals surface area contributed by atoms with E-state index in [0.29, 0.717) is 17.6 Å². The van der Waals surface area contributed by atoms with E-state index in [4.69, 9.17) is 10.6 Å². The molecule has 0 aliphatic carbocycles. The monoisotopic (exact) mass is 238 g/mol. The molecule has 0 amide bonds. The molecule has 0 fully saturated rings. The molecule has 1 rings (SSSR count). The van der Waals surface area contributed by atoms with Crippen molar-refractivity contribution < 1.29 is 4.74 Å². The third kappa shape index (κ3) is 4.56. The van der Waals surface area contributed by atoms with E-state index in [0.717, 1.165) is 18.7 Å². The summed E-state index contributed by atoms with van der Waals surface area (Å²) in [5, 5.41) is 0. The second-order valence-electron chi connectivity index (χ2n) is 4.56. The van der Waals surface area contributed by atoms with Crippen molar-refractivity contribution in [1.82, 2.24) is 9.97 Å². The maximum atomic E-state index is 5.76. The highest BCUT2D eigenvalue weighted by molar-refractivity contribution is 5.37. The second-order valence-corrected chi connectivity index (χ2v) is 4.56. The molecule has 17 heavy (non-hydrogen) atoms. The third-order valence-electron chi connectivity index (χ3n) is 2.34. The molecule has 1 unspecified atom stereocenters. The molecule has 3 N–H and O–H groups in total. The summed E-state index contributed by atoms with van der Waals surface area (Å²) in [5.74, 6) is 7.86. The number of hydrogen-bond donors (Lipinski definition) is 2. The molecule has 0 aromatic carbocycles. The number of rotatable bonds is 6. The quantitative estimate of drug-likeness (QED) is 0.586. The highest BCUT2D eigenvalue weighted by atomic mass is 16.5. The van der Waals surface area contributed by atoms with Crippen LogP contribution in [0.5, 0.6) is 5.88 Å². The highest BCUT2D eigenvalue weighted by Crippen LogP contribution is 2.17. The first-order chi connectivity index (χ1) is 8.05. The second kappa shape index (κ2) is 6.39. The fourth-order valence-corrected chi connectivity index (χ4v) is 1.68. The number of aryl methyl sites for hydroxylation is 1. The predicted octanol–water partition coefficient (Wildman–Crippen LogP) is 2.14. The van der Waals surface area contributed by atoms with Crippen molar-refractivity contribution in [2.24, 2.45) is 11.8 Å². The molecule has 96 valence electrons. The Bertz CT molecular complexity index is 332. The predicted molar refractivity (Wildman–Crippen MR) is 68.8 cm³/mol. The smallest absolute Gasteiger partial charge is 0.219 e. The average Bonchev–Trinajstić information content (AvgIpc) is 2.27. The van der Waals surface area contributed by atoms with Crippen LogP contribution in [-0.2, 0) is 6.42 Å². The van der Waals surface area contributed by atoms with E-state index in [-0.39, 0.29) is 6.10 Å². The van der Waals surface area contributed by atoms with Gasteiger partial charge in [-0.2, -0.15) is 4.98 Å². The van der Waals surface area contributed by atoms with Gasteiger partial charge in [-0.3, -0.25) is 0 Å². The SMILES string of the molecule is CCc1nc(NN)cc(OC(C)CC(C)C)n1. The Morgan fingerprint density at radius 1 is 1.35 bits per heavy atom. The zero-order valence-corrected chi connectivity index (χ0v) is 11.0. The number of ether oxygens (including phenoxy) is 1. The van der Waals surface area contributed by atoms with Crippen LogP contribution in [0.15, 0.2) is 6.07 Å². The first-order valence-corrected chi connectivity index (χ1v) is 6.06. The number of nitrogens with two attached hydrogens (primary N) is 1. The largest absolute Gasteiger partial charge is 0.474 e. The van der Waals surface area contributed by atoms with Gasteiger partial charge in [0.25, 0.3) is 0 Å². The molecule has 5 nitrogen and oxygen atoms in total. The number of aromatic nitrogens is 2. The van der Waals surface area contributed by atoms with Gasteiger partial charge in [0.1, 0.15) is 11.6 Å². The minimum Gasteiger partial charge on any atom is -0.474 e. The third-order valence-corrected chi connectivity index (χ3v) is 2.34. The molecule has 0 spiro atoms. The van der Waals surface area contributed by atoms with Crippen molar-refractivity contribution in [3.05, 3.63) is 11.9 Å². The van der Waals surface area contributed by atoms with Crippen LogP contribution in [0.25, 0.3) is 0 Å². The zero-order valence-electron chi connectivity index (χ0n) is 11.0. The summed E-state index contributed by atoms with van der Waals surface area (Å²) in [4.78, 5) is 8.53. The average molecular weight is 238 g/mol. The molecule has 1 aromatic heterocycles. The fraction of sp³-hybridized carbons (Fsp3) is 0.667. The van der Waals surface area contributed by atoms with E-state index in [1.54, 1.807) is 6.07 Å². The molecule has 1 atom stereocenters. The van der Waals surface area contributed by atoms with E-state index in [9.17, 15) is 0 Å². The Morgan fingerprint density at radius 2 is 2.06 bits per heavy atom. The van der Waals surface area contributed by atoms with Crippen LogP contribution in [0, 0.1) is 5.92 Å². The summed E-state index contributed by atoms with van der Waals surface area (Å²) in [5.41, 5.74) is 2.52. The lowest BCUT2D eigenvalue weighted by Crippen LogP contribution is -2.17. The van der Waals surface area contributed by atoms with Gasteiger partial charge in [-0.1, -0.05) is 20.8 Å². The Morgan fingerprint density at radius 3 is 2.59 bits per heavy atom. The van der Waals surface area contributed by atoms with Gasteiger partial charge in [-0.25, -0.2) is 10.8 Å². The summed E-state index contributed by atoms with van der Waals surface area (Å²) >= 11 is 0. The number of anilines is 1. The number of nitrogens with zero attached hydrogens (tertiary/aromatic N) is 2. The van der Waals surface area contributed by atoms with Crippen LogP contribution in [0.2, 0.25) is 0 Å². The lowest BCUT2D eigenvalue weighted by molar-refractivity contribution is 0.185. The van der Waals surface area contributed by atoms with Crippen molar-refractivity contribution in [1.29, 1.82) is 0 Å². The van der Waals surface area contributed by atoms with Gasteiger partial charge < -0.3 is 10.2 Å². The van der Waals surface area contributed by atoms with Gasteiger partial charge in [0.05, 0.1) is 6.10 Å². The summed E-state index contributed by atoms with van der Waals surface area (Å²) in [6, 6.07) is 1.72. The number of nitrogen functional groups attached to an aromatic ring is 1. The number of hydrazine groups is 1. The maximum Gasteiger partial charge on any atom is 0.219 e. The maximum absolute atomic E-state index is 5.76. The highest BCUT2D eigenvalue weighted by Gasteiger charge is 2.09. The van der Waals surface area contributed by atoms with Crippen LogP contribution in [-0.4, -0.2) is 16.1 Å². The van der Waals surface area contributed by atoms with Crippen molar-refractivity contribution in [3.8, 4) is 5.88 Å². The van der Waals surface area contributed by atoms with Gasteiger partial charge in [0, 0.05) is 12.5 Å². The topological polar surface area (TPSA) is 73.1 Å². The van der Waals surface area contributed by atoms with Crippen molar-refractivity contribution in [2.45, 2.75) is 46.6 Å². The molecule has 0 saturated heterocycles. The van der Waals surface area contributed by atoms with Gasteiger partial charge in [0.2, 0.25) is 5.88 Å². The molecule has 0 radical (unpaired) electrons. The molecular weight excluding hydrogens is 216 g/mol.